The second kappa shape index (κ2) is 5.30. The standard InChI is InChI=1S/C11H20N2O3/c1-11(2,7-9(12)14)8-10(15)13-3-5-16-6-4-13/h3-8H2,1-2H3,(H2,12,14). The van der Waals surface area contributed by atoms with Crippen LogP contribution >= 0.6 is 0 Å². The second-order valence-electron chi connectivity index (χ2n) is 4.98. The Morgan fingerprint density at radius 1 is 1.25 bits per heavy atom. The summed E-state index contributed by atoms with van der Waals surface area (Å²) in [7, 11) is 0. The van der Waals surface area contributed by atoms with Crippen molar-refractivity contribution in [3.63, 3.8) is 0 Å². The smallest absolute Gasteiger partial charge is 0.223 e. The van der Waals surface area contributed by atoms with Crippen LogP contribution in [0.5, 0.6) is 0 Å². The fourth-order valence-electron chi connectivity index (χ4n) is 1.87. The number of carbonyl (C=O) groups excluding carboxylic acids is 2. The van der Waals surface area contributed by atoms with Gasteiger partial charge in [0, 0.05) is 25.9 Å². The van der Waals surface area contributed by atoms with Gasteiger partial charge in [0.25, 0.3) is 0 Å². The zero-order valence-corrected chi connectivity index (χ0v) is 9.99. The first-order valence-corrected chi connectivity index (χ1v) is 5.54. The third-order valence-electron chi connectivity index (χ3n) is 2.65. The molecule has 0 spiro atoms. The van der Waals surface area contributed by atoms with Crippen molar-refractivity contribution in [2.24, 2.45) is 11.1 Å². The molecule has 92 valence electrons. The van der Waals surface area contributed by atoms with Gasteiger partial charge in [-0.2, -0.15) is 0 Å². The number of carbonyl (C=O) groups is 2. The van der Waals surface area contributed by atoms with Gasteiger partial charge in [-0.1, -0.05) is 13.8 Å². The highest BCUT2D eigenvalue weighted by atomic mass is 16.5. The lowest BCUT2D eigenvalue weighted by Crippen LogP contribution is -2.42. The van der Waals surface area contributed by atoms with E-state index in [-0.39, 0.29) is 23.7 Å². The van der Waals surface area contributed by atoms with E-state index in [0.717, 1.165) is 0 Å². The molecular formula is C11H20N2O3. The fourth-order valence-corrected chi connectivity index (χ4v) is 1.87. The Morgan fingerprint density at radius 2 is 1.81 bits per heavy atom. The van der Waals surface area contributed by atoms with E-state index in [1.54, 1.807) is 4.90 Å². The Kier molecular flexibility index (Phi) is 4.29. The molecule has 1 saturated heterocycles. The highest BCUT2D eigenvalue weighted by molar-refractivity contribution is 5.79. The van der Waals surface area contributed by atoms with Crippen LogP contribution in [0, 0.1) is 5.41 Å². The van der Waals surface area contributed by atoms with Gasteiger partial charge in [0.05, 0.1) is 13.2 Å². The van der Waals surface area contributed by atoms with Crippen molar-refractivity contribution in [2.75, 3.05) is 26.3 Å². The molecule has 1 fully saturated rings. The number of hydrogen-bond acceptors (Lipinski definition) is 3. The van der Waals surface area contributed by atoms with Crippen molar-refractivity contribution in [1.29, 1.82) is 0 Å². The van der Waals surface area contributed by atoms with Gasteiger partial charge in [0.15, 0.2) is 0 Å². The number of morpholine rings is 1. The topological polar surface area (TPSA) is 72.6 Å². The van der Waals surface area contributed by atoms with Crippen molar-refractivity contribution in [2.45, 2.75) is 26.7 Å². The number of ether oxygens (including phenoxy) is 1. The van der Waals surface area contributed by atoms with Gasteiger partial charge in [-0.05, 0) is 5.41 Å². The van der Waals surface area contributed by atoms with Crippen molar-refractivity contribution < 1.29 is 14.3 Å². The van der Waals surface area contributed by atoms with Gasteiger partial charge in [0.2, 0.25) is 11.8 Å². The van der Waals surface area contributed by atoms with Crippen LogP contribution in [0.25, 0.3) is 0 Å². The molecule has 5 heteroatoms. The van der Waals surface area contributed by atoms with Crippen molar-refractivity contribution in [1.82, 2.24) is 4.90 Å². The van der Waals surface area contributed by atoms with Gasteiger partial charge in [-0.25, -0.2) is 0 Å². The Balaban J connectivity index is 2.45. The maximum Gasteiger partial charge on any atom is 0.223 e. The van der Waals surface area contributed by atoms with E-state index in [1.165, 1.54) is 0 Å². The van der Waals surface area contributed by atoms with Crippen LogP contribution < -0.4 is 5.73 Å². The van der Waals surface area contributed by atoms with E-state index in [9.17, 15) is 9.59 Å². The van der Waals surface area contributed by atoms with E-state index in [2.05, 4.69) is 0 Å². The molecule has 2 amide bonds. The lowest BCUT2D eigenvalue weighted by Gasteiger charge is -2.30. The van der Waals surface area contributed by atoms with Gasteiger partial charge in [0.1, 0.15) is 0 Å². The molecule has 1 rings (SSSR count). The van der Waals surface area contributed by atoms with E-state index < -0.39 is 0 Å². The maximum absolute atomic E-state index is 11.9. The van der Waals surface area contributed by atoms with Crippen molar-refractivity contribution in [3.05, 3.63) is 0 Å². The number of primary amides is 1. The Morgan fingerprint density at radius 3 is 2.31 bits per heavy atom. The van der Waals surface area contributed by atoms with Crippen LogP contribution in [0.2, 0.25) is 0 Å². The highest BCUT2D eigenvalue weighted by Crippen LogP contribution is 2.25. The van der Waals surface area contributed by atoms with Crippen LogP contribution in [-0.4, -0.2) is 43.0 Å². The third kappa shape index (κ3) is 4.18. The maximum atomic E-state index is 11.9. The number of amides is 2. The zero-order chi connectivity index (χ0) is 12.2. The summed E-state index contributed by atoms with van der Waals surface area (Å²) >= 11 is 0. The minimum absolute atomic E-state index is 0.0783. The molecular weight excluding hydrogens is 208 g/mol. The molecule has 1 aliphatic heterocycles. The molecule has 0 atom stereocenters. The van der Waals surface area contributed by atoms with Crippen LogP contribution in [0.15, 0.2) is 0 Å². The predicted molar refractivity (Wildman–Crippen MR) is 59.6 cm³/mol. The molecule has 16 heavy (non-hydrogen) atoms. The average molecular weight is 228 g/mol. The fraction of sp³-hybridized carbons (Fsp3) is 0.818. The van der Waals surface area contributed by atoms with Crippen LogP contribution in [0.4, 0.5) is 0 Å². The van der Waals surface area contributed by atoms with Crippen LogP contribution in [0.3, 0.4) is 0 Å². The van der Waals surface area contributed by atoms with Gasteiger partial charge < -0.3 is 15.4 Å². The van der Waals surface area contributed by atoms with E-state index in [1.807, 2.05) is 13.8 Å². The molecule has 2 N–H and O–H groups in total. The molecule has 0 aliphatic carbocycles. The first-order chi connectivity index (χ1) is 7.41. The minimum Gasteiger partial charge on any atom is -0.378 e. The minimum atomic E-state index is -0.361. The SMILES string of the molecule is CC(C)(CC(N)=O)CC(=O)N1CCOCC1. The normalized spacial score (nSPS) is 17.2. The molecule has 1 aliphatic rings. The lowest BCUT2D eigenvalue weighted by atomic mass is 9.85. The van der Waals surface area contributed by atoms with Gasteiger partial charge in [-0.15, -0.1) is 0 Å². The lowest BCUT2D eigenvalue weighted by molar-refractivity contribution is -0.137. The monoisotopic (exact) mass is 228 g/mol. The number of nitrogens with zero attached hydrogens (tertiary/aromatic N) is 1. The Hall–Kier alpha value is -1.10. The molecule has 0 aromatic carbocycles. The second-order valence-corrected chi connectivity index (χ2v) is 4.98. The first-order valence-electron chi connectivity index (χ1n) is 5.54. The summed E-state index contributed by atoms with van der Waals surface area (Å²) in [6.07, 6.45) is 0.596. The molecule has 5 nitrogen and oxygen atoms in total. The van der Waals surface area contributed by atoms with Gasteiger partial charge >= 0.3 is 0 Å². The highest BCUT2D eigenvalue weighted by Gasteiger charge is 2.27. The van der Waals surface area contributed by atoms with E-state index in [0.29, 0.717) is 32.7 Å². The molecule has 1 heterocycles. The summed E-state index contributed by atoms with van der Waals surface area (Å²) in [5.41, 5.74) is 4.79. The zero-order valence-electron chi connectivity index (χ0n) is 9.99. The Labute approximate surface area is 95.9 Å². The quantitative estimate of drug-likeness (QED) is 0.743. The van der Waals surface area contributed by atoms with Crippen LogP contribution in [0.1, 0.15) is 26.7 Å². The van der Waals surface area contributed by atoms with Gasteiger partial charge in [-0.3, -0.25) is 9.59 Å². The average Bonchev–Trinajstić information content (AvgIpc) is 2.16. The summed E-state index contributed by atoms with van der Waals surface area (Å²) < 4.78 is 5.18. The largest absolute Gasteiger partial charge is 0.378 e. The number of nitrogens with two attached hydrogens (primary N) is 1. The summed E-state index contributed by atoms with van der Waals surface area (Å²) in [6.45, 7) is 6.26. The van der Waals surface area contributed by atoms with E-state index in [4.69, 9.17) is 10.5 Å². The molecule has 0 aromatic rings. The molecule has 0 saturated carbocycles. The number of hydrogen-bond donors (Lipinski definition) is 1. The summed E-state index contributed by atoms with van der Waals surface area (Å²) in [4.78, 5) is 24.5. The molecule has 0 radical (unpaired) electrons. The summed E-state index contributed by atoms with van der Waals surface area (Å²) in [6, 6.07) is 0. The summed E-state index contributed by atoms with van der Waals surface area (Å²) in [5, 5.41) is 0. The molecule has 0 aromatic heterocycles. The Bertz CT molecular complexity index is 270. The van der Waals surface area contributed by atoms with E-state index >= 15 is 0 Å². The molecule has 0 unspecified atom stereocenters. The predicted octanol–water partition coefficient (Wildman–Crippen LogP) is 0.137. The molecule has 0 bridgehead atoms. The van der Waals surface area contributed by atoms with Crippen molar-refractivity contribution in [3.8, 4) is 0 Å². The van der Waals surface area contributed by atoms with Crippen molar-refractivity contribution >= 4 is 11.8 Å². The van der Waals surface area contributed by atoms with Crippen LogP contribution in [-0.2, 0) is 14.3 Å². The first kappa shape index (κ1) is 13.0. The third-order valence-corrected chi connectivity index (χ3v) is 2.65. The summed E-state index contributed by atoms with van der Waals surface area (Å²) in [5.74, 6) is -0.283. The number of rotatable bonds is 4.